The molecule has 0 amide bonds. The van der Waals surface area contributed by atoms with Gasteiger partial charge in [0, 0.05) is 51.9 Å². The van der Waals surface area contributed by atoms with E-state index in [2.05, 4.69) is 29.2 Å². The van der Waals surface area contributed by atoms with Crippen LogP contribution in [0.3, 0.4) is 0 Å². The number of piperazine rings is 1. The normalized spacial score (nSPS) is 18.6. The van der Waals surface area contributed by atoms with Crippen LogP contribution in [0.5, 0.6) is 0 Å². The Kier molecular flexibility index (Phi) is 7.42. The van der Waals surface area contributed by atoms with Gasteiger partial charge >= 0.3 is 0 Å². The second-order valence-electron chi connectivity index (χ2n) is 8.47. The SMILES string of the molecule is O=[N+]([O-])c1cc(S(=O)(=O)N2CCCCC2)ccc1N1CCN(CC=Cc2ccccc2)CC1. The lowest BCUT2D eigenvalue weighted by Crippen LogP contribution is -2.46. The smallest absolute Gasteiger partial charge is 0.293 e. The maximum Gasteiger partial charge on any atom is 0.293 e. The minimum Gasteiger partial charge on any atom is -0.363 e. The van der Waals surface area contributed by atoms with Gasteiger partial charge in [0.15, 0.2) is 0 Å². The molecule has 8 nitrogen and oxygen atoms in total. The van der Waals surface area contributed by atoms with Gasteiger partial charge < -0.3 is 4.90 Å². The van der Waals surface area contributed by atoms with Crippen molar-refractivity contribution in [2.75, 3.05) is 50.7 Å². The molecule has 0 bridgehead atoms. The molecule has 0 aromatic heterocycles. The molecule has 0 saturated carbocycles. The van der Waals surface area contributed by atoms with Crippen molar-refractivity contribution >= 4 is 27.5 Å². The molecule has 2 fully saturated rings. The van der Waals surface area contributed by atoms with Crippen LogP contribution in [0.25, 0.3) is 6.08 Å². The lowest BCUT2D eigenvalue weighted by molar-refractivity contribution is -0.384. The molecule has 33 heavy (non-hydrogen) atoms. The summed E-state index contributed by atoms with van der Waals surface area (Å²) >= 11 is 0. The molecule has 9 heteroatoms. The minimum atomic E-state index is -3.71. The van der Waals surface area contributed by atoms with Crippen molar-refractivity contribution in [3.63, 3.8) is 0 Å². The molecule has 0 atom stereocenters. The third-order valence-electron chi connectivity index (χ3n) is 6.28. The molecule has 2 heterocycles. The first kappa shape index (κ1) is 23.4. The summed E-state index contributed by atoms with van der Waals surface area (Å²) in [5.74, 6) is 0. The molecule has 0 aliphatic carbocycles. The highest BCUT2D eigenvalue weighted by Crippen LogP contribution is 2.33. The van der Waals surface area contributed by atoms with Crippen molar-refractivity contribution < 1.29 is 13.3 Å². The predicted molar refractivity (Wildman–Crippen MR) is 130 cm³/mol. The Hall–Kier alpha value is -2.75. The standard InChI is InChI=1S/C24H30N4O4S/c29-28(30)24-20-22(33(31,32)27-14-5-2-6-15-27)11-12-23(24)26-18-16-25(17-19-26)13-7-10-21-8-3-1-4-9-21/h1,3-4,7-12,20H,2,5-6,13-19H2. The summed E-state index contributed by atoms with van der Waals surface area (Å²) in [6.07, 6.45) is 6.89. The average Bonchev–Trinajstić information content (AvgIpc) is 2.85. The summed E-state index contributed by atoms with van der Waals surface area (Å²) in [6.45, 7) is 4.62. The van der Waals surface area contributed by atoms with Crippen molar-refractivity contribution in [3.8, 4) is 0 Å². The number of piperidine rings is 1. The van der Waals surface area contributed by atoms with Gasteiger partial charge in [0.2, 0.25) is 10.0 Å². The van der Waals surface area contributed by atoms with E-state index in [1.165, 1.54) is 16.4 Å². The summed E-state index contributed by atoms with van der Waals surface area (Å²) < 4.78 is 27.4. The zero-order valence-electron chi connectivity index (χ0n) is 18.7. The van der Waals surface area contributed by atoms with Gasteiger partial charge in [0.05, 0.1) is 9.82 Å². The molecular weight excluding hydrogens is 440 g/mol. The fourth-order valence-corrected chi connectivity index (χ4v) is 5.94. The number of anilines is 1. The number of hydrogen-bond acceptors (Lipinski definition) is 6. The highest BCUT2D eigenvalue weighted by atomic mass is 32.2. The molecule has 0 unspecified atom stereocenters. The number of nitro groups is 1. The largest absolute Gasteiger partial charge is 0.363 e. The topological polar surface area (TPSA) is 87.0 Å². The number of rotatable bonds is 7. The maximum absolute atomic E-state index is 13.0. The molecule has 176 valence electrons. The molecule has 2 aliphatic heterocycles. The summed E-state index contributed by atoms with van der Waals surface area (Å²) in [6, 6.07) is 14.5. The molecule has 0 radical (unpaired) electrons. The van der Waals surface area contributed by atoms with E-state index < -0.39 is 14.9 Å². The van der Waals surface area contributed by atoms with E-state index in [1.807, 2.05) is 23.1 Å². The number of sulfonamides is 1. The van der Waals surface area contributed by atoms with Gasteiger partial charge in [0.25, 0.3) is 5.69 Å². The molecule has 4 rings (SSSR count). The number of benzene rings is 2. The molecule has 2 saturated heterocycles. The van der Waals surface area contributed by atoms with Crippen molar-refractivity contribution in [1.82, 2.24) is 9.21 Å². The van der Waals surface area contributed by atoms with Crippen LogP contribution >= 0.6 is 0 Å². The van der Waals surface area contributed by atoms with E-state index in [0.29, 0.717) is 31.9 Å². The number of nitro benzene ring substituents is 1. The third-order valence-corrected chi connectivity index (χ3v) is 8.18. The van der Waals surface area contributed by atoms with Gasteiger partial charge in [0.1, 0.15) is 5.69 Å². The van der Waals surface area contributed by atoms with Crippen LogP contribution in [0.15, 0.2) is 59.5 Å². The van der Waals surface area contributed by atoms with E-state index >= 15 is 0 Å². The first-order valence-corrected chi connectivity index (χ1v) is 12.9. The monoisotopic (exact) mass is 470 g/mol. The van der Waals surface area contributed by atoms with Crippen molar-refractivity contribution in [1.29, 1.82) is 0 Å². The number of hydrogen-bond donors (Lipinski definition) is 0. The van der Waals surface area contributed by atoms with E-state index in [4.69, 9.17) is 0 Å². The zero-order chi connectivity index (χ0) is 23.3. The lowest BCUT2D eigenvalue weighted by Gasteiger charge is -2.35. The molecule has 0 N–H and O–H groups in total. The van der Waals surface area contributed by atoms with Crippen molar-refractivity contribution in [2.24, 2.45) is 0 Å². The highest BCUT2D eigenvalue weighted by Gasteiger charge is 2.30. The van der Waals surface area contributed by atoms with Crippen LogP contribution in [0.1, 0.15) is 24.8 Å². The summed E-state index contributed by atoms with van der Waals surface area (Å²) in [5.41, 5.74) is 1.49. The first-order valence-electron chi connectivity index (χ1n) is 11.4. The zero-order valence-corrected chi connectivity index (χ0v) is 19.5. The predicted octanol–water partition coefficient (Wildman–Crippen LogP) is 3.60. The van der Waals surface area contributed by atoms with Crippen LogP contribution in [0.2, 0.25) is 0 Å². The molecule has 0 spiro atoms. The fourth-order valence-electron chi connectivity index (χ4n) is 4.41. The average molecular weight is 471 g/mol. The van der Waals surface area contributed by atoms with Gasteiger partial charge in [-0.25, -0.2) is 8.42 Å². The van der Waals surface area contributed by atoms with Crippen LogP contribution in [0.4, 0.5) is 11.4 Å². The van der Waals surface area contributed by atoms with Crippen LogP contribution in [0, 0.1) is 10.1 Å². The van der Waals surface area contributed by atoms with Gasteiger partial charge in [-0.3, -0.25) is 15.0 Å². The van der Waals surface area contributed by atoms with Crippen LogP contribution < -0.4 is 4.90 Å². The van der Waals surface area contributed by atoms with E-state index in [-0.39, 0.29) is 10.6 Å². The minimum absolute atomic E-state index is 0.00420. The van der Waals surface area contributed by atoms with Gasteiger partial charge in [-0.05, 0) is 30.5 Å². The lowest BCUT2D eigenvalue weighted by atomic mass is 10.2. The highest BCUT2D eigenvalue weighted by molar-refractivity contribution is 7.89. The van der Waals surface area contributed by atoms with Gasteiger partial charge in [-0.2, -0.15) is 4.31 Å². The van der Waals surface area contributed by atoms with E-state index in [0.717, 1.165) is 44.5 Å². The quantitative estimate of drug-likeness (QED) is 0.454. The third kappa shape index (κ3) is 5.61. The van der Waals surface area contributed by atoms with Crippen LogP contribution in [-0.2, 0) is 10.0 Å². The Bertz CT molecular complexity index is 1090. The Morgan fingerprint density at radius 3 is 2.27 bits per heavy atom. The Labute approximate surface area is 195 Å². The summed E-state index contributed by atoms with van der Waals surface area (Å²) in [4.78, 5) is 15.6. The second kappa shape index (κ2) is 10.5. The summed E-state index contributed by atoms with van der Waals surface area (Å²) in [5, 5.41) is 11.8. The molecule has 2 aromatic rings. The first-order chi connectivity index (χ1) is 15.9. The molecule has 2 aliphatic rings. The summed E-state index contributed by atoms with van der Waals surface area (Å²) in [7, 11) is -3.71. The Morgan fingerprint density at radius 1 is 0.909 bits per heavy atom. The van der Waals surface area contributed by atoms with Crippen LogP contribution in [-0.4, -0.2) is 68.4 Å². The molecule has 2 aromatic carbocycles. The molecular formula is C24H30N4O4S. The Balaban J connectivity index is 1.42. The van der Waals surface area contributed by atoms with E-state index in [1.54, 1.807) is 6.07 Å². The van der Waals surface area contributed by atoms with Crippen molar-refractivity contribution in [3.05, 3.63) is 70.3 Å². The van der Waals surface area contributed by atoms with E-state index in [9.17, 15) is 18.5 Å². The second-order valence-corrected chi connectivity index (χ2v) is 10.4. The van der Waals surface area contributed by atoms with Gasteiger partial charge in [-0.15, -0.1) is 0 Å². The van der Waals surface area contributed by atoms with Gasteiger partial charge in [-0.1, -0.05) is 48.9 Å². The van der Waals surface area contributed by atoms with Crippen molar-refractivity contribution in [2.45, 2.75) is 24.2 Å². The maximum atomic E-state index is 13.0. The Morgan fingerprint density at radius 2 is 1.61 bits per heavy atom. The fraction of sp³-hybridized carbons (Fsp3) is 0.417. The number of nitrogens with zero attached hydrogens (tertiary/aromatic N) is 4.